The van der Waals surface area contributed by atoms with Crippen LogP contribution in [0, 0.1) is 0 Å². The molecule has 0 aliphatic heterocycles. The lowest BCUT2D eigenvalue weighted by Crippen LogP contribution is -2.06. The van der Waals surface area contributed by atoms with Gasteiger partial charge in [0.15, 0.2) is 0 Å². The van der Waals surface area contributed by atoms with Gasteiger partial charge in [0, 0.05) is 13.3 Å². The molecule has 0 unspecified atom stereocenters. The summed E-state index contributed by atoms with van der Waals surface area (Å²) in [5.41, 5.74) is 0.802. The van der Waals surface area contributed by atoms with E-state index in [9.17, 15) is 9.59 Å². The van der Waals surface area contributed by atoms with Crippen molar-refractivity contribution in [1.29, 1.82) is 0 Å². The summed E-state index contributed by atoms with van der Waals surface area (Å²) in [7, 11) is 0. The van der Waals surface area contributed by atoms with Gasteiger partial charge in [-0.1, -0.05) is 6.92 Å². The molecule has 0 spiro atoms. The topological polar surface area (TPSA) is 65.7 Å². The first-order chi connectivity index (χ1) is 9.55. The van der Waals surface area contributed by atoms with Gasteiger partial charge < -0.3 is 13.9 Å². The van der Waals surface area contributed by atoms with Gasteiger partial charge in [-0.3, -0.25) is 4.79 Å². The minimum Gasteiger partial charge on any atom is -0.462 e. The monoisotopic (exact) mass is 276 g/mol. The molecule has 0 bridgehead atoms. The van der Waals surface area contributed by atoms with Gasteiger partial charge >= 0.3 is 11.9 Å². The molecule has 0 aliphatic carbocycles. The van der Waals surface area contributed by atoms with Crippen LogP contribution in [0.4, 0.5) is 0 Å². The van der Waals surface area contributed by atoms with E-state index < -0.39 is 11.9 Å². The number of aryl methyl sites for hydroxylation is 1. The zero-order valence-corrected chi connectivity index (χ0v) is 11.7. The van der Waals surface area contributed by atoms with Crippen molar-refractivity contribution in [3.8, 4) is 5.75 Å². The second-order valence-corrected chi connectivity index (χ2v) is 4.27. The zero-order valence-electron chi connectivity index (χ0n) is 11.7. The van der Waals surface area contributed by atoms with E-state index in [0.29, 0.717) is 28.7 Å². The van der Waals surface area contributed by atoms with Gasteiger partial charge in [-0.15, -0.1) is 0 Å². The standard InChI is InChI=1S/C15H16O5/c1-4-11-8-12-13(19-9(3)16)6-10(7-14(12)20-11)15(17)18-5-2/h6-8H,4-5H2,1-3H3. The Bertz CT molecular complexity index is 654. The van der Waals surface area contributed by atoms with Crippen molar-refractivity contribution in [2.45, 2.75) is 27.2 Å². The van der Waals surface area contributed by atoms with Crippen LogP contribution in [0.15, 0.2) is 22.6 Å². The van der Waals surface area contributed by atoms with Gasteiger partial charge in [0.2, 0.25) is 0 Å². The largest absolute Gasteiger partial charge is 0.462 e. The van der Waals surface area contributed by atoms with E-state index in [1.54, 1.807) is 13.0 Å². The highest BCUT2D eigenvalue weighted by Crippen LogP contribution is 2.31. The van der Waals surface area contributed by atoms with Crippen LogP contribution in [0.1, 0.15) is 36.9 Å². The molecule has 1 aromatic carbocycles. The summed E-state index contributed by atoms with van der Waals surface area (Å²) in [5, 5.41) is 0.671. The summed E-state index contributed by atoms with van der Waals surface area (Å²) in [4.78, 5) is 23.0. The summed E-state index contributed by atoms with van der Waals surface area (Å²) in [5.74, 6) is 0.139. The van der Waals surface area contributed by atoms with Crippen LogP contribution in [0.3, 0.4) is 0 Å². The fourth-order valence-electron chi connectivity index (χ4n) is 1.91. The van der Waals surface area contributed by atoms with Crippen LogP contribution >= 0.6 is 0 Å². The van der Waals surface area contributed by atoms with E-state index in [2.05, 4.69) is 0 Å². The Balaban J connectivity index is 2.56. The second-order valence-electron chi connectivity index (χ2n) is 4.27. The molecule has 1 aromatic heterocycles. The van der Waals surface area contributed by atoms with Crippen molar-refractivity contribution in [3.63, 3.8) is 0 Å². The van der Waals surface area contributed by atoms with Crippen molar-refractivity contribution in [1.82, 2.24) is 0 Å². The highest BCUT2D eigenvalue weighted by atomic mass is 16.5. The van der Waals surface area contributed by atoms with Gasteiger partial charge in [0.25, 0.3) is 0 Å². The minimum absolute atomic E-state index is 0.276. The summed E-state index contributed by atoms with van der Waals surface area (Å²) in [6.07, 6.45) is 0.711. The lowest BCUT2D eigenvalue weighted by atomic mass is 10.1. The predicted octanol–water partition coefficient (Wildman–Crippen LogP) is 3.10. The molecule has 2 aromatic rings. The van der Waals surface area contributed by atoms with E-state index in [4.69, 9.17) is 13.9 Å². The fraction of sp³-hybridized carbons (Fsp3) is 0.333. The maximum Gasteiger partial charge on any atom is 0.338 e. The molecule has 0 N–H and O–H groups in total. The first-order valence-corrected chi connectivity index (χ1v) is 6.47. The third kappa shape index (κ3) is 2.82. The molecule has 2 rings (SSSR count). The average Bonchev–Trinajstić information content (AvgIpc) is 2.81. The van der Waals surface area contributed by atoms with E-state index in [1.165, 1.54) is 13.0 Å². The minimum atomic E-state index is -0.475. The third-order valence-corrected chi connectivity index (χ3v) is 2.76. The lowest BCUT2D eigenvalue weighted by molar-refractivity contribution is -0.131. The smallest absolute Gasteiger partial charge is 0.338 e. The first kappa shape index (κ1) is 14.1. The molecule has 20 heavy (non-hydrogen) atoms. The number of hydrogen-bond donors (Lipinski definition) is 0. The Labute approximate surface area is 116 Å². The molecule has 0 aliphatic rings. The third-order valence-electron chi connectivity index (χ3n) is 2.76. The number of esters is 2. The van der Waals surface area contributed by atoms with Crippen LogP contribution in [0.2, 0.25) is 0 Å². The summed E-state index contributed by atoms with van der Waals surface area (Å²) < 4.78 is 15.7. The number of hydrogen-bond acceptors (Lipinski definition) is 5. The SMILES string of the molecule is CCOC(=O)c1cc(OC(C)=O)c2cc(CC)oc2c1. The zero-order chi connectivity index (χ0) is 14.7. The maximum atomic E-state index is 11.8. The highest BCUT2D eigenvalue weighted by molar-refractivity contribution is 5.97. The number of ether oxygens (including phenoxy) is 2. The molecule has 1 heterocycles. The van der Waals surface area contributed by atoms with Crippen LogP contribution in [0.5, 0.6) is 5.75 Å². The number of furan rings is 1. The predicted molar refractivity (Wildman–Crippen MR) is 72.9 cm³/mol. The summed E-state index contributed by atoms with van der Waals surface area (Å²) >= 11 is 0. The molecule has 0 radical (unpaired) electrons. The average molecular weight is 276 g/mol. The van der Waals surface area contributed by atoms with E-state index in [0.717, 1.165) is 5.76 Å². The van der Waals surface area contributed by atoms with Crippen LogP contribution in [0.25, 0.3) is 11.0 Å². The van der Waals surface area contributed by atoms with Gasteiger partial charge in [-0.2, -0.15) is 0 Å². The Morgan fingerprint density at radius 3 is 2.55 bits per heavy atom. The quantitative estimate of drug-likeness (QED) is 0.634. The maximum absolute atomic E-state index is 11.8. The molecule has 0 atom stereocenters. The second kappa shape index (κ2) is 5.77. The molecule has 0 saturated carbocycles. The lowest BCUT2D eigenvalue weighted by Gasteiger charge is -2.06. The molecule has 0 amide bonds. The van der Waals surface area contributed by atoms with Crippen molar-refractivity contribution < 1.29 is 23.5 Å². The molecule has 5 heteroatoms. The normalized spacial score (nSPS) is 10.6. The number of carbonyl (C=O) groups excluding carboxylic acids is 2. The van der Waals surface area contributed by atoms with Crippen molar-refractivity contribution >= 4 is 22.9 Å². The number of fused-ring (bicyclic) bond motifs is 1. The summed E-state index contributed by atoms with van der Waals surface area (Å²) in [6, 6.07) is 4.90. The summed E-state index contributed by atoms with van der Waals surface area (Å²) in [6.45, 7) is 5.27. The van der Waals surface area contributed by atoms with Gasteiger partial charge in [0.1, 0.15) is 17.1 Å². The Hall–Kier alpha value is -2.30. The molecule has 0 saturated heterocycles. The van der Waals surface area contributed by atoms with E-state index >= 15 is 0 Å². The fourth-order valence-corrected chi connectivity index (χ4v) is 1.91. The van der Waals surface area contributed by atoms with Crippen molar-refractivity contribution in [2.75, 3.05) is 6.61 Å². The van der Waals surface area contributed by atoms with E-state index in [-0.39, 0.29) is 6.61 Å². The number of benzene rings is 1. The first-order valence-electron chi connectivity index (χ1n) is 6.47. The van der Waals surface area contributed by atoms with Crippen LogP contribution in [-0.2, 0) is 16.0 Å². The van der Waals surface area contributed by atoms with Crippen molar-refractivity contribution in [2.24, 2.45) is 0 Å². The van der Waals surface area contributed by atoms with Crippen molar-refractivity contribution in [3.05, 3.63) is 29.5 Å². The van der Waals surface area contributed by atoms with Gasteiger partial charge in [0.05, 0.1) is 17.6 Å². The Kier molecular flexibility index (Phi) is 4.08. The number of rotatable bonds is 4. The van der Waals surface area contributed by atoms with Gasteiger partial charge in [-0.25, -0.2) is 4.79 Å². The molecule has 106 valence electrons. The Morgan fingerprint density at radius 2 is 1.95 bits per heavy atom. The van der Waals surface area contributed by atoms with Crippen LogP contribution < -0.4 is 4.74 Å². The number of carbonyl (C=O) groups is 2. The molecule has 0 fully saturated rings. The van der Waals surface area contributed by atoms with Crippen LogP contribution in [-0.4, -0.2) is 18.5 Å². The van der Waals surface area contributed by atoms with E-state index in [1.807, 2.05) is 13.0 Å². The molecular formula is C15H16O5. The molecular weight excluding hydrogens is 260 g/mol. The molecule has 5 nitrogen and oxygen atoms in total. The Morgan fingerprint density at radius 1 is 1.20 bits per heavy atom. The van der Waals surface area contributed by atoms with Gasteiger partial charge in [-0.05, 0) is 25.1 Å². The highest BCUT2D eigenvalue weighted by Gasteiger charge is 2.16.